The fraction of sp³-hybridized carbons (Fsp3) is 0.750. The van der Waals surface area contributed by atoms with Gasteiger partial charge in [0.05, 0.1) is 18.6 Å². The molecule has 0 spiro atoms. The van der Waals surface area contributed by atoms with E-state index in [1.165, 1.54) is 0 Å². The minimum atomic E-state index is -0.523. The van der Waals surface area contributed by atoms with Crippen molar-refractivity contribution < 1.29 is 19.1 Å². The van der Waals surface area contributed by atoms with Crippen molar-refractivity contribution >= 4 is 12.1 Å². The summed E-state index contributed by atoms with van der Waals surface area (Å²) in [5, 5.41) is 0. The van der Waals surface area contributed by atoms with E-state index in [4.69, 9.17) is 9.47 Å². The molecule has 21 heavy (non-hydrogen) atoms. The van der Waals surface area contributed by atoms with Gasteiger partial charge in [0.15, 0.2) is 0 Å². The number of amides is 1. The van der Waals surface area contributed by atoms with Crippen LogP contribution >= 0.6 is 0 Å². The molecule has 2 heterocycles. The average molecular weight is 293 g/mol. The van der Waals surface area contributed by atoms with E-state index < -0.39 is 5.60 Å². The molecule has 0 aromatic rings. The Bertz CT molecular complexity index is 493. The molecule has 5 heteroatoms. The Morgan fingerprint density at radius 3 is 2.43 bits per heavy atom. The Morgan fingerprint density at radius 1 is 1.24 bits per heavy atom. The summed E-state index contributed by atoms with van der Waals surface area (Å²) in [7, 11) is 0. The molecule has 2 aliphatic heterocycles. The molecule has 0 radical (unpaired) electrons. The van der Waals surface area contributed by atoms with Crippen LogP contribution in [0.15, 0.2) is 12.2 Å². The zero-order valence-electron chi connectivity index (χ0n) is 13.0. The van der Waals surface area contributed by atoms with Gasteiger partial charge < -0.3 is 14.4 Å². The Morgan fingerprint density at radius 2 is 1.90 bits per heavy atom. The summed E-state index contributed by atoms with van der Waals surface area (Å²) in [5.41, 5.74) is -0.523. The fourth-order valence-corrected chi connectivity index (χ4v) is 3.88. The van der Waals surface area contributed by atoms with Crippen LogP contribution in [0.3, 0.4) is 0 Å². The average Bonchev–Trinajstić information content (AvgIpc) is 2.74. The molecule has 0 saturated carbocycles. The molecule has 2 bridgehead atoms. The third-order valence-electron chi connectivity index (χ3n) is 4.62. The Kier molecular flexibility index (Phi) is 3.26. The van der Waals surface area contributed by atoms with Gasteiger partial charge in [-0.05, 0) is 34.1 Å². The number of rotatable bonds is 2. The van der Waals surface area contributed by atoms with Gasteiger partial charge in [0.2, 0.25) is 0 Å². The van der Waals surface area contributed by atoms with Crippen LogP contribution in [0.2, 0.25) is 0 Å². The Balaban J connectivity index is 1.80. The lowest BCUT2D eigenvalue weighted by molar-refractivity contribution is -0.149. The minimum Gasteiger partial charge on any atom is -0.466 e. The first kappa shape index (κ1) is 14.4. The van der Waals surface area contributed by atoms with Crippen molar-refractivity contribution in [3.05, 3.63) is 12.2 Å². The van der Waals surface area contributed by atoms with Crippen LogP contribution in [-0.2, 0) is 14.3 Å². The van der Waals surface area contributed by atoms with Crippen LogP contribution in [0.5, 0.6) is 0 Å². The van der Waals surface area contributed by atoms with E-state index in [1.54, 1.807) is 4.90 Å². The van der Waals surface area contributed by atoms with Crippen LogP contribution in [0.4, 0.5) is 4.79 Å². The molecule has 2 fully saturated rings. The van der Waals surface area contributed by atoms with Crippen LogP contribution in [-0.4, -0.2) is 41.3 Å². The van der Waals surface area contributed by atoms with Crippen LogP contribution in [0.1, 0.15) is 34.1 Å². The highest BCUT2D eigenvalue weighted by atomic mass is 16.6. The molecule has 3 rings (SSSR count). The lowest BCUT2D eigenvalue weighted by Crippen LogP contribution is -2.43. The molecule has 3 aliphatic rings. The maximum atomic E-state index is 12.5. The maximum absolute atomic E-state index is 12.5. The third kappa shape index (κ3) is 2.23. The number of hydrogen-bond acceptors (Lipinski definition) is 4. The molecule has 5 atom stereocenters. The largest absolute Gasteiger partial charge is 0.466 e. The molecular weight excluding hydrogens is 270 g/mol. The summed E-state index contributed by atoms with van der Waals surface area (Å²) < 4.78 is 10.7. The summed E-state index contributed by atoms with van der Waals surface area (Å²) in [5.74, 6) is 0.268. The molecule has 0 unspecified atom stereocenters. The number of hydrogen-bond donors (Lipinski definition) is 0. The van der Waals surface area contributed by atoms with Crippen LogP contribution < -0.4 is 0 Å². The van der Waals surface area contributed by atoms with Crippen LogP contribution in [0, 0.1) is 17.8 Å². The monoisotopic (exact) mass is 293 g/mol. The summed E-state index contributed by atoms with van der Waals surface area (Å²) in [4.78, 5) is 26.4. The number of ether oxygens (including phenoxy) is 2. The zero-order valence-corrected chi connectivity index (χ0v) is 13.0. The van der Waals surface area contributed by atoms with Crippen molar-refractivity contribution in [3.63, 3.8) is 0 Å². The first-order valence-electron chi connectivity index (χ1n) is 7.69. The molecule has 0 aromatic carbocycles. The van der Waals surface area contributed by atoms with Crippen molar-refractivity contribution in [2.24, 2.45) is 17.8 Å². The van der Waals surface area contributed by atoms with E-state index >= 15 is 0 Å². The van der Waals surface area contributed by atoms with Gasteiger partial charge in [0.1, 0.15) is 5.60 Å². The second-order valence-electron chi connectivity index (χ2n) is 7.08. The number of carbonyl (C=O) groups excluding carboxylic acids is 2. The number of fused-ring (bicyclic) bond motifs is 5. The minimum absolute atomic E-state index is 0.0780. The topological polar surface area (TPSA) is 55.8 Å². The highest BCUT2D eigenvalue weighted by molar-refractivity contribution is 5.78. The number of carbonyl (C=O) groups is 2. The molecule has 1 amide bonds. The quantitative estimate of drug-likeness (QED) is 0.579. The van der Waals surface area contributed by atoms with E-state index in [1.807, 2.05) is 27.7 Å². The molecule has 1 aliphatic carbocycles. The number of esters is 1. The van der Waals surface area contributed by atoms with E-state index in [2.05, 4.69) is 12.2 Å². The maximum Gasteiger partial charge on any atom is 0.410 e. The van der Waals surface area contributed by atoms with Crippen molar-refractivity contribution in [2.75, 3.05) is 6.61 Å². The van der Waals surface area contributed by atoms with Gasteiger partial charge in [-0.25, -0.2) is 4.79 Å². The summed E-state index contributed by atoms with van der Waals surface area (Å²) in [6.07, 6.45) is 4.64. The Labute approximate surface area is 125 Å². The van der Waals surface area contributed by atoms with Gasteiger partial charge in [0, 0.05) is 17.9 Å². The van der Waals surface area contributed by atoms with Gasteiger partial charge in [-0.15, -0.1) is 0 Å². The summed E-state index contributed by atoms with van der Waals surface area (Å²) >= 11 is 0. The highest BCUT2D eigenvalue weighted by Gasteiger charge is 2.63. The molecular formula is C16H23NO4. The third-order valence-corrected chi connectivity index (χ3v) is 4.62. The molecule has 0 aromatic heterocycles. The fourth-order valence-electron chi connectivity index (χ4n) is 3.88. The lowest BCUT2D eigenvalue weighted by atomic mass is 9.68. The van der Waals surface area contributed by atoms with E-state index in [9.17, 15) is 9.59 Å². The van der Waals surface area contributed by atoms with Gasteiger partial charge in [-0.1, -0.05) is 12.2 Å². The zero-order chi connectivity index (χ0) is 15.4. The van der Waals surface area contributed by atoms with Crippen molar-refractivity contribution in [1.29, 1.82) is 0 Å². The van der Waals surface area contributed by atoms with Crippen molar-refractivity contribution in [3.8, 4) is 0 Å². The first-order chi connectivity index (χ1) is 9.83. The molecule has 0 N–H and O–H groups in total. The predicted molar refractivity (Wildman–Crippen MR) is 76.5 cm³/mol. The SMILES string of the molecule is CCOC(=O)[C@H]1C[C@H]2[C@H]3C=C[C@H]3[C@@H]1N2C(=O)OC(C)(C)C. The van der Waals surface area contributed by atoms with Crippen molar-refractivity contribution in [1.82, 2.24) is 4.90 Å². The smallest absolute Gasteiger partial charge is 0.410 e. The molecule has 116 valence electrons. The van der Waals surface area contributed by atoms with Gasteiger partial charge in [-0.2, -0.15) is 0 Å². The lowest BCUT2D eigenvalue weighted by Gasteiger charge is -2.34. The van der Waals surface area contributed by atoms with E-state index in [0.717, 1.165) is 0 Å². The van der Waals surface area contributed by atoms with Crippen LogP contribution in [0.25, 0.3) is 0 Å². The second kappa shape index (κ2) is 4.75. The summed E-state index contributed by atoms with van der Waals surface area (Å²) in [6, 6.07) is -0.0202. The molecule has 5 nitrogen and oxygen atoms in total. The normalized spacial score (nSPS) is 36.2. The molecule has 2 saturated heterocycles. The summed E-state index contributed by atoms with van der Waals surface area (Å²) in [6.45, 7) is 7.77. The standard InChI is InChI=1S/C16H23NO4/c1-5-20-14(18)11-8-12-9-6-7-10(9)13(11)17(12)15(19)21-16(2,3)4/h6-7,9-13H,5,8H2,1-4H3/t9-,10+,11-,12-,13-/m0/s1. The predicted octanol–water partition coefficient (Wildman–Crippen LogP) is 2.36. The van der Waals surface area contributed by atoms with E-state index in [-0.39, 0.29) is 36.0 Å². The van der Waals surface area contributed by atoms with Crippen molar-refractivity contribution in [2.45, 2.75) is 51.8 Å². The van der Waals surface area contributed by atoms with Gasteiger partial charge >= 0.3 is 12.1 Å². The first-order valence-corrected chi connectivity index (χ1v) is 7.69. The van der Waals surface area contributed by atoms with Gasteiger partial charge in [0.25, 0.3) is 0 Å². The Hall–Kier alpha value is -1.52. The highest BCUT2D eigenvalue weighted by Crippen LogP contribution is 2.54. The second-order valence-corrected chi connectivity index (χ2v) is 7.08. The van der Waals surface area contributed by atoms with Gasteiger partial charge in [-0.3, -0.25) is 4.79 Å². The number of nitrogens with zero attached hydrogens (tertiary/aromatic N) is 1. The van der Waals surface area contributed by atoms with E-state index in [0.29, 0.717) is 18.9 Å².